The SMILES string of the molecule is CC(C)(C)NS(=O)(=O)c1ccc(-c2sc(C(=O)NC3CCOCC3)nc2CC2CCCCC2)cc1F. The number of sulfonamides is 1. The van der Waals surface area contributed by atoms with E-state index in [9.17, 15) is 13.2 Å². The van der Waals surface area contributed by atoms with Crippen molar-refractivity contribution >= 4 is 27.3 Å². The summed E-state index contributed by atoms with van der Waals surface area (Å²) in [6, 6.07) is 4.20. The molecule has 0 radical (unpaired) electrons. The number of carbonyl (C=O) groups is 1. The summed E-state index contributed by atoms with van der Waals surface area (Å²) in [5.74, 6) is -0.571. The molecule has 7 nitrogen and oxygen atoms in total. The van der Waals surface area contributed by atoms with Crippen LogP contribution in [-0.2, 0) is 21.2 Å². The van der Waals surface area contributed by atoms with Crippen molar-refractivity contribution in [3.8, 4) is 10.4 Å². The number of thiazole rings is 1. The van der Waals surface area contributed by atoms with Crippen molar-refractivity contribution in [2.75, 3.05) is 13.2 Å². The van der Waals surface area contributed by atoms with Gasteiger partial charge in [0, 0.05) is 24.8 Å². The van der Waals surface area contributed by atoms with E-state index in [1.165, 1.54) is 42.7 Å². The van der Waals surface area contributed by atoms with Crippen LogP contribution >= 0.6 is 11.3 Å². The number of halogens is 1. The van der Waals surface area contributed by atoms with Gasteiger partial charge >= 0.3 is 0 Å². The number of amides is 1. The Bertz CT molecular complexity index is 1180. The number of hydrogen-bond donors (Lipinski definition) is 2. The van der Waals surface area contributed by atoms with Crippen LogP contribution in [-0.4, -0.2) is 44.1 Å². The molecule has 1 saturated carbocycles. The summed E-state index contributed by atoms with van der Waals surface area (Å²) in [5.41, 5.74) is 0.587. The van der Waals surface area contributed by atoms with Gasteiger partial charge < -0.3 is 10.1 Å². The van der Waals surface area contributed by atoms with Gasteiger partial charge in [0.15, 0.2) is 5.01 Å². The monoisotopic (exact) mass is 537 g/mol. The maximum Gasteiger partial charge on any atom is 0.280 e. The Kier molecular flexibility index (Phi) is 8.49. The fraction of sp³-hybridized carbons (Fsp3) is 0.615. The largest absolute Gasteiger partial charge is 0.381 e. The number of rotatable bonds is 7. The fourth-order valence-corrected chi connectivity index (χ4v) is 7.36. The highest BCUT2D eigenvalue weighted by molar-refractivity contribution is 7.89. The van der Waals surface area contributed by atoms with Crippen molar-refractivity contribution in [2.45, 2.75) is 88.6 Å². The molecule has 0 bridgehead atoms. The van der Waals surface area contributed by atoms with Crippen molar-refractivity contribution in [2.24, 2.45) is 5.92 Å². The van der Waals surface area contributed by atoms with E-state index < -0.39 is 26.3 Å². The molecule has 0 spiro atoms. The minimum atomic E-state index is -4.02. The van der Waals surface area contributed by atoms with Crippen molar-refractivity contribution in [3.05, 3.63) is 34.7 Å². The van der Waals surface area contributed by atoms with Crippen LogP contribution in [0.15, 0.2) is 23.1 Å². The van der Waals surface area contributed by atoms with E-state index in [2.05, 4.69) is 10.0 Å². The molecular formula is C26H36FN3O4S2. The number of nitrogens with zero attached hydrogens (tertiary/aromatic N) is 1. The van der Waals surface area contributed by atoms with Crippen LogP contribution in [0.5, 0.6) is 0 Å². The molecule has 2 N–H and O–H groups in total. The molecule has 1 aromatic heterocycles. The molecule has 1 aromatic carbocycles. The second kappa shape index (κ2) is 11.2. The number of nitrogens with one attached hydrogen (secondary N) is 2. The van der Waals surface area contributed by atoms with Crippen LogP contribution in [0.25, 0.3) is 10.4 Å². The Morgan fingerprint density at radius 1 is 1.14 bits per heavy atom. The Hall–Kier alpha value is -1.88. The molecule has 1 amide bonds. The van der Waals surface area contributed by atoms with E-state index in [1.54, 1.807) is 26.8 Å². The highest BCUT2D eigenvalue weighted by Crippen LogP contribution is 2.36. The molecule has 198 valence electrons. The number of ether oxygens (including phenoxy) is 1. The quantitative estimate of drug-likeness (QED) is 0.515. The summed E-state index contributed by atoms with van der Waals surface area (Å²) >= 11 is 1.24. The van der Waals surface area contributed by atoms with Crippen molar-refractivity contribution in [1.82, 2.24) is 15.0 Å². The predicted molar refractivity (Wildman–Crippen MR) is 139 cm³/mol. The van der Waals surface area contributed by atoms with Gasteiger partial charge in [-0.2, -0.15) is 0 Å². The number of carbonyl (C=O) groups excluding carboxylic acids is 1. The lowest BCUT2D eigenvalue weighted by molar-refractivity contribution is 0.0696. The third-order valence-electron chi connectivity index (χ3n) is 6.58. The Labute approximate surface area is 217 Å². The average Bonchev–Trinajstić information content (AvgIpc) is 3.22. The van der Waals surface area contributed by atoms with Crippen LogP contribution in [0, 0.1) is 11.7 Å². The lowest BCUT2D eigenvalue weighted by Gasteiger charge is -2.22. The zero-order valence-corrected chi connectivity index (χ0v) is 22.9. The molecule has 0 atom stereocenters. The Balaban J connectivity index is 1.64. The van der Waals surface area contributed by atoms with Crippen LogP contribution < -0.4 is 10.0 Å². The summed E-state index contributed by atoms with van der Waals surface area (Å²) in [6.45, 7) is 6.37. The van der Waals surface area contributed by atoms with Gasteiger partial charge in [-0.05, 0) is 63.6 Å². The summed E-state index contributed by atoms with van der Waals surface area (Å²) in [6.07, 6.45) is 8.10. The second-order valence-corrected chi connectivity index (χ2v) is 13.5. The summed E-state index contributed by atoms with van der Waals surface area (Å²) in [5, 5.41) is 3.42. The van der Waals surface area contributed by atoms with Crippen LogP contribution in [0.4, 0.5) is 4.39 Å². The first-order valence-electron chi connectivity index (χ1n) is 12.7. The van der Waals surface area contributed by atoms with Crippen LogP contribution in [0.1, 0.15) is 81.2 Å². The first kappa shape index (κ1) is 27.2. The lowest BCUT2D eigenvalue weighted by atomic mass is 9.85. The number of benzene rings is 1. The van der Waals surface area contributed by atoms with Gasteiger partial charge in [-0.1, -0.05) is 38.2 Å². The van der Waals surface area contributed by atoms with E-state index in [4.69, 9.17) is 9.72 Å². The summed E-state index contributed by atoms with van der Waals surface area (Å²) < 4.78 is 48.4. The molecule has 36 heavy (non-hydrogen) atoms. The minimum Gasteiger partial charge on any atom is -0.381 e. The molecule has 1 saturated heterocycles. The van der Waals surface area contributed by atoms with Gasteiger partial charge in [0.2, 0.25) is 10.0 Å². The van der Waals surface area contributed by atoms with E-state index >= 15 is 4.39 Å². The fourth-order valence-electron chi connectivity index (χ4n) is 4.88. The van der Waals surface area contributed by atoms with Crippen LogP contribution in [0.3, 0.4) is 0 Å². The third-order valence-corrected chi connectivity index (χ3v) is 9.52. The standard InChI is InChI=1S/C26H36FN3O4S2/c1-26(2,3)30-36(32,33)22-10-9-18(16-20(22)27)23-21(15-17-7-5-4-6-8-17)29-25(35-23)24(31)28-19-11-13-34-14-12-19/h9-10,16-17,19,30H,4-8,11-15H2,1-3H3,(H,28,31). The molecule has 2 fully saturated rings. The Morgan fingerprint density at radius 3 is 2.47 bits per heavy atom. The second-order valence-electron chi connectivity index (χ2n) is 10.9. The van der Waals surface area contributed by atoms with Gasteiger partial charge in [0.1, 0.15) is 10.7 Å². The lowest BCUT2D eigenvalue weighted by Crippen LogP contribution is -2.40. The minimum absolute atomic E-state index is 0.0534. The topological polar surface area (TPSA) is 97.4 Å². The highest BCUT2D eigenvalue weighted by Gasteiger charge is 2.27. The first-order valence-corrected chi connectivity index (χ1v) is 15.0. The van der Waals surface area contributed by atoms with E-state index in [0.717, 1.165) is 42.7 Å². The number of aromatic nitrogens is 1. The third kappa shape index (κ3) is 6.90. The zero-order chi connectivity index (χ0) is 25.9. The van der Waals surface area contributed by atoms with Gasteiger partial charge in [-0.25, -0.2) is 22.5 Å². The normalized spacial score (nSPS) is 18.3. The first-order chi connectivity index (χ1) is 17.0. The molecule has 0 unspecified atom stereocenters. The molecule has 2 aromatic rings. The Morgan fingerprint density at radius 2 is 1.83 bits per heavy atom. The molecular weight excluding hydrogens is 501 g/mol. The molecule has 2 aliphatic rings. The highest BCUT2D eigenvalue weighted by atomic mass is 32.2. The predicted octanol–water partition coefficient (Wildman–Crippen LogP) is 5.06. The molecule has 1 aliphatic heterocycles. The van der Waals surface area contributed by atoms with Gasteiger partial charge in [0.25, 0.3) is 5.91 Å². The smallest absolute Gasteiger partial charge is 0.280 e. The maximum absolute atomic E-state index is 15.1. The van der Waals surface area contributed by atoms with E-state index in [0.29, 0.717) is 29.7 Å². The number of hydrogen-bond acceptors (Lipinski definition) is 6. The van der Waals surface area contributed by atoms with Crippen molar-refractivity contribution < 1.29 is 22.3 Å². The molecule has 1 aliphatic carbocycles. The van der Waals surface area contributed by atoms with E-state index in [1.807, 2.05) is 0 Å². The van der Waals surface area contributed by atoms with Crippen molar-refractivity contribution in [3.63, 3.8) is 0 Å². The molecule has 10 heteroatoms. The average molecular weight is 538 g/mol. The van der Waals surface area contributed by atoms with Gasteiger partial charge in [0.05, 0.1) is 10.6 Å². The maximum atomic E-state index is 15.1. The molecule has 2 heterocycles. The van der Waals surface area contributed by atoms with Crippen molar-refractivity contribution in [1.29, 1.82) is 0 Å². The van der Waals surface area contributed by atoms with E-state index in [-0.39, 0.29) is 11.9 Å². The van der Waals surface area contributed by atoms with Gasteiger partial charge in [-0.15, -0.1) is 11.3 Å². The zero-order valence-electron chi connectivity index (χ0n) is 21.2. The molecule has 4 rings (SSSR count). The summed E-state index contributed by atoms with van der Waals surface area (Å²) in [7, 11) is -4.02. The van der Waals surface area contributed by atoms with Gasteiger partial charge in [-0.3, -0.25) is 4.79 Å². The van der Waals surface area contributed by atoms with Crippen LogP contribution in [0.2, 0.25) is 0 Å². The summed E-state index contributed by atoms with van der Waals surface area (Å²) in [4.78, 5) is 18.1.